The molecule has 0 fully saturated rings. The number of fused-ring (bicyclic) bond motifs is 1. The van der Waals surface area contributed by atoms with Crippen LogP contribution < -0.4 is 4.74 Å². The average molecular weight is 316 g/mol. The third-order valence-electron chi connectivity index (χ3n) is 4.14. The van der Waals surface area contributed by atoms with Crippen LogP contribution in [0.3, 0.4) is 0 Å². The van der Waals surface area contributed by atoms with E-state index in [4.69, 9.17) is 9.47 Å². The Morgan fingerprint density at radius 3 is 2.42 bits per heavy atom. The van der Waals surface area contributed by atoms with Crippen LogP contribution in [0.5, 0.6) is 5.75 Å². The quantitative estimate of drug-likeness (QED) is 0.670. The molecule has 3 aromatic rings. The largest absolute Gasteiger partial charge is 0.444 e. The van der Waals surface area contributed by atoms with Gasteiger partial charge in [0.1, 0.15) is 5.75 Å². The Labute approximate surface area is 140 Å². The average Bonchev–Trinajstić information content (AvgIpc) is 2.89. The van der Waals surface area contributed by atoms with E-state index in [1.807, 2.05) is 79.7 Å². The summed E-state index contributed by atoms with van der Waals surface area (Å²) in [4.78, 5) is 12.4. The molecule has 0 radical (unpaired) electrons. The normalized spacial score (nSPS) is 18.8. The van der Waals surface area contributed by atoms with Crippen molar-refractivity contribution in [2.24, 2.45) is 0 Å². The Balaban J connectivity index is 1.91. The molecule has 3 aromatic carbocycles. The fourth-order valence-electron chi connectivity index (χ4n) is 3.04. The lowest BCUT2D eigenvalue weighted by molar-refractivity contribution is -0.108. The summed E-state index contributed by atoms with van der Waals surface area (Å²) in [6, 6.07) is 24.6. The summed E-state index contributed by atoms with van der Waals surface area (Å²) in [5.74, 6) is -0.978. The first kappa shape index (κ1) is 14.5. The van der Waals surface area contributed by atoms with Crippen molar-refractivity contribution in [1.29, 1.82) is 0 Å². The Bertz CT molecular complexity index is 902. The summed E-state index contributed by atoms with van der Waals surface area (Å²) >= 11 is 0. The van der Waals surface area contributed by atoms with E-state index in [0.717, 1.165) is 16.7 Å². The maximum Gasteiger partial charge on any atom is 0.342 e. The lowest BCUT2D eigenvalue weighted by Gasteiger charge is -2.30. The zero-order chi connectivity index (χ0) is 16.6. The molecule has 1 aliphatic heterocycles. The molecular formula is C21H16O3. The Morgan fingerprint density at radius 1 is 0.875 bits per heavy atom. The van der Waals surface area contributed by atoms with Gasteiger partial charge in [0, 0.05) is 5.56 Å². The van der Waals surface area contributed by atoms with Gasteiger partial charge in [-0.1, -0.05) is 54.6 Å². The molecule has 0 amide bonds. The molecule has 0 unspecified atom stereocenters. The number of cyclic esters (lactones) is 1. The predicted molar refractivity (Wildman–Crippen MR) is 90.9 cm³/mol. The van der Waals surface area contributed by atoms with E-state index in [-0.39, 0.29) is 5.97 Å². The Hall–Kier alpha value is -3.07. The van der Waals surface area contributed by atoms with Crippen LogP contribution in [0.1, 0.15) is 27.0 Å². The van der Waals surface area contributed by atoms with Gasteiger partial charge in [0.2, 0.25) is 0 Å². The molecule has 118 valence electrons. The molecule has 1 aliphatic rings. The second kappa shape index (κ2) is 5.53. The monoisotopic (exact) mass is 316 g/mol. The standard InChI is InChI=1S/C21H16O3/c1-15-8-7-11-17(14-15)23-21(16-9-3-2-4-10-16)19-13-6-5-12-18(19)20(22)24-21/h2-14H,1H3/t21-/m0/s1. The summed E-state index contributed by atoms with van der Waals surface area (Å²) < 4.78 is 12.1. The lowest BCUT2D eigenvalue weighted by atomic mass is 9.95. The molecule has 4 rings (SSSR count). The minimum Gasteiger partial charge on any atom is -0.444 e. The van der Waals surface area contributed by atoms with E-state index < -0.39 is 5.79 Å². The fraction of sp³-hybridized carbons (Fsp3) is 0.0952. The molecule has 0 bridgehead atoms. The minimum absolute atomic E-state index is 0.373. The number of ether oxygens (including phenoxy) is 2. The summed E-state index contributed by atoms with van der Waals surface area (Å²) in [7, 11) is 0. The fourth-order valence-corrected chi connectivity index (χ4v) is 3.04. The number of carbonyl (C=O) groups excluding carboxylic acids is 1. The smallest absolute Gasteiger partial charge is 0.342 e. The van der Waals surface area contributed by atoms with Crippen molar-refractivity contribution in [3.63, 3.8) is 0 Å². The molecule has 24 heavy (non-hydrogen) atoms. The number of benzene rings is 3. The number of hydrogen-bond donors (Lipinski definition) is 0. The van der Waals surface area contributed by atoms with Crippen molar-refractivity contribution in [3.05, 3.63) is 101 Å². The second-order valence-corrected chi connectivity index (χ2v) is 5.84. The first-order chi connectivity index (χ1) is 11.7. The number of aryl methyl sites for hydroxylation is 1. The molecule has 0 spiro atoms. The van der Waals surface area contributed by atoms with E-state index in [1.54, 1.807) is 6.07 Å². The maximum absolute atomic E-state index is 12.4. The van der Waals surface area contributed by atoms with Crippen LogP contribution in [0.25, 0.3) is 0 Å². The molecule has 0 aliphatic carbocycles. The van der Waals surface area contributed by atoms with Crippen LogP contribution in [-0.2, 0) is 10.5 Å². The highest BCUT2D eigenvalue weighted by Gasteiger charge is 2.49. The summed E-state index contributed by atoms with van der Waals surface area (Å²) in [5.41, 5.74) is 3.12. The maximum atomic E-state index is 12.4. The van der Waals surface area contributed by atoms with Crippen molar-refractivity contribution in [2.75, 3.05) is 0 Å². The number of carbonyl (C=O) groups is 1. The van der Waals surface area contributed by atoms with Crippen molar-refractivity contribution >= 4 is 5.97 Å². The van der Waals surface area contributed by atoms with Crippen LogP contribution in [-0.4, -0.2) is 5.97 Å². The van der Waals surface area contributed by atoms with Gasteiger partial charge in [-0.3, -0.25) is 0 Å². The Kier molecular flexibility index (Phi) is 3.35. The Morgan fingerprint density at radius 2 is 1.62 bits per heavy atom. The van der Waals surface area contributed by atoms with Crippen LogP contribution in [0.2, 0.25) is 0 Å². The molecule has 0 N–H and O–H groups in total. The molecule has 3 nitrogen and oxygen atoms in total. The van der Waals surface area contributed by atoms with Gasteiger partial charge in [0.05, 0.1) is 11.1 Å². The molecule has 3 heteroatoms. The third-order valence-corrected chi connectivity index (χ3v) is 4.14. The van der Waals surface area contributed by atoms with Gasteiger partial charge in [-0.2, -0.15) is 0 Å². The lowest BCUT2D eigenvalue weighted by Crippen LogP contribution is -2.34. The van der Waals surface area contributed by atoms with Crippen molar-refractivity contribution in [2.45, 2.75) is 12.7 Å². The van der Waals surface area contributed by atoms with E-state index >= 15 is 0 Å². The van der Waals surface area contributed by atoms with Crippen molar-refractivity contribution in [1.82, 2.24) is 0 Å². The van der Waals surface area contributed by atoms with Crippen LogP contribution >= 0.6 is 0 Å². The zero-order valence-corrected chi connectivity index (χ0v) is 13.2. The van der Waals surface area contributed by atoms with Gasteiger partial charge >= 0.3 is 11.8 Å². The summed E-state index contributed by atoms with van der Waals surface area (Å²) in [6.07, 6.45) is 0. The third kappa shape index (κ3) is 2.26. The topological polar surface area (TPSA) is 35.5 Å². The summed E-state index contributed by atoms with van der Waals surface area (Å²) in [6.45, 7) is 2.00. The highest BCUT2D eigenvalue weighted by atomic mass is 16.7. The van der Waals surface area contributed by atoms with Crippen molar-refractivity contribution < 1.29 is 14.3 Å². The van der Waals surface area contributed by atoms with Gasteiger partial charge in [-0.15, -0.1) is 0 Å². The van der Waals surface area contributed by atoms with E-state index in [0.29, 0.717) is 11.3 Å². The highest BCUT2D eigenvalue weighted by molar-refractivity contribution is 5.95. The summed E-state index contributed by atoms with van der Waals surface area (Å²) in [5, 5.41) is 0. The molecule has 0 saturated carbocycles. The number of rotatable bonds is 3. The molecular weight excluding hydrogens is 300 g/mol. The second-order valence-electron chi connectivity index (χ2n) is 5.84. The molecule has 1 heterocycles. The van der Waals surface area contributed by atoms with Gasteiger partial charge in [-0.05, 0) is 36.8 Å². The van der Waals surface area contributed by atoms with E-state index in [1.165, 1.54) is 0 Å². The van der Waals surface area contributed by atoms with Gasteiger partial charge in [0.25, 0.3) is 0 Å². The number of esters is 1. The highest BCUT2D eigenvalue weighted by Crippen LogP contribution is 2.43. The molecule has 0 aromatic heterocycles. The van der Waals surface area contributed by atoms with E-state index in [9.17, 15) is 4.79 Å². The van der Waals surface area contributed by atoms with Crippen molar-refractivity contribution in [3.8, 4) is 5.75 Å². The SMILES string of the molecule is Cc1cccc(O[C@@]2(c3ccccc3)OC(=O)c3ccccc32)c1. The minimum atomic E-state index is -1.26. The van der Waals surface area contributed by atoms with Crippen LogP contribution in [0, 0.1) is 6.92 Å². The van der Waals surface area contributed by atoms with Crippen LogP contribution in [0.15, 0.2) is 78.9 Å². The molecule has 1 atom stereocenters. The predicted octanol–water partition coefficient (Wildman–Crippen LogP) is 4.45. The van der Waals surface area contributed by atoms with Gasteiger partial charge < -0.3 is 9.47 Å². The van der Waals surface area contributed by atoms with E-state index in [2.05, 4.69) is 0 Å². The number of hydrogen-bond acceptors (Lipinski definition) is 3. The van der Waals surface area contributed by atoms with Gasteiger partial charge in [-0.25, -0.2) is 4.79 Å². The van der Waals surface area contributed by atoms with Crippen LogP contribution in [0.4, 0.5) is 0 Å². The molecule has 0 saturated heterocycles. The van der Waals surface area contributed by atoms with Gasteiger partial charge in [0.15, 0.2) is 0 Å². The first-order valence-corrected chi connectivity index (χ1v) is 7.83. The first-order valence-electron chi connectivity index (χ1n) is 7.83. The zero-order valence-electron chi connectivity index (χ0n) is 13.2.